The number of nitrogens with zero attached hydrogens (tertiary/aromatic N) is 2. The van der Waals surface area contributed by atoms with Crippen LogP contribution in [0.25, 0.3) is 0 Å². The SMILES string of the molecule is Cl.Nc1cn(Cc2cc(F)c(F)c(F)c2)cn1. The van der Waals surface area contributed by atoms with E-state index in [4.69, 9.17) is 5.73 Å². The molecule has 0 spiro atoms. The summed E-state index contributed by atoms with van der Waals surface area (Å²) < 4.78 is 40.0. The molecule has 1 aromatic carbocycles. The minimum absolute atomic E-state index is 0. The third kappa shape index (κ3) is 2.91. The number of hydrogen-bond acceptors (Lipinski definition) is 2. The Bertz CT molecular complexity index is 504. The number of hydrogen-bond donors (Lipinski definition) is 1. The molecule has 0 fully saturated rings. The van der Waals surface area contributed by atoms with Gasteiger partial charge in [0.1, 0.15) is 5.82 Å². The van der Waals surface area contributed by atoms with Gasteiger partial charge in [0.25, 0.3) is 0 Å². The molecule has 2 aromatic rings. The number of rotatable bonds is 2. The first-order chi connectivity index (χ1) is 7.56. The van der Waals surface area contributed by atoms with E-state index in [2.05, 4.69) is 4.98 Å². The molecule has 0 radical (unpaired) electrons. The molecular weight excluding hydrogens is 255 g/mol. The van der Waals surface area contributed by atoms with E-state index in [1.54, 1.807) is 4.57 Å². The Kier molecular flexibility index (Phi) is 4.01. The molecule has 0 aliphatic heterocycles. The average molecular weight is 264 g/mol. The lowest BCUT2D eigenvalue weighted by atomic mass is 10.2. The van der Waals surface area contributed by atoms with Gasteiger partial charge in [0, 0.05) is 12.7 Å². The lowest BCUT2D eigenvalue weighted by Gasteiger charge is -2.03. The zero-order valence-electron chi connectivity index (χ0n) is 8.53. The number of benzene rings is 1. The second-order valence-electron chi connectivity index (χ2n) is 3.34. The van der Waals surface area contributed by atoms with E-state index in [1.807, 2.05) is 0 Å². The highest BCUT2D eigenvalue weighted by Gasteiger charge is 2.10. The lowest BCUT2D eigenvalue weighted by molar-refractivity contribution is 0.444. The summed E-state index contributed by atoms with van der Waals surface area (Å²) in [5.74, 6) is -3.57. The van der Waals surface area contributed by atoms with E-state index in [1.165, 1.54) is 12.5 Å². The van der Waals surface area contributed by atoms with E-state index >= 15 is 0 Å². The molecule has 17 heavy (non-hydrogen) atoms. The summed E-state index contributed by atoms with van der Waals surface area (Å²) in [7, 11) is 0. The summed E-state index contributed by atoms with van der Waals surface area (Å²) in [5.41, 5.74) is 5.68. The van der Waals surface area contributed by atoms with Gasteiger partial charge in [-0.3, -0.25) is 0 Å². The highest BCUT2D eigenvalue weighted by atomic mass is 35.5. The predicted octanol–water partition coefficient (Wildman–Crippen LogP) is 2.35. The summed E-state index contributed by atoms with van der Waals surface area (Å²) in [4.78, 5) is 3.75. The van der Waals surface area contributed by atoms with Crippen molar-refractivity contribution in [1.29, 1.82) is 0 Å². The van der Waals surface area contributed by atoms with Crippen LogP contribution in [0.4, 0.5) is 19.0 Å². The average Bonchev–Trinajstić information content (AvgIpc) is 2.60. The van der Waals surface area contributed by atoms with Crippen LogP contribution in [-0.4, -0.2) is 9.55 Å². The number of imidazole rings is 1. The minimum Gasteiger partial charge on any atom is -0.382 e. The molecule has 0 aliphatic rings. The molecule has 0 amide bonds. The van der Waals surface area contributed by atoms with Crippen molar-refractivity contribution >= 4 is 18.2 Å². The largest absolute Gasteiger partial charge is 0.382 e. The topological polar surface area (TPSA) is 43.8 Å². The molecule has 0 atom stereocenters. The highest BCUT2D eigenvalue weighted by Crippen LogP contribution is 2.14. The maximum atomic E-state index is 12.9. The molecule has 92 valence electrons. The molecule has 0 bridgehead atoms. The predicted molar refractivity (Wildman–Crippen MR) is 59.3 cm³/mol. The monoisotopic (exact) mass is 263 g/mol. The first kappa shape index (κ1) is 13.4. The van der Waals surface area contributed by atoms with E-state index in [9.17, 15) is 13.2 Å². The Balaban J connectivity index is 0.00000144. The van der Waals surface area contributed by atoms with Crippen LogP contribution in [0.15, 0.2) is 24.7 Å². The number of nitrogen functional groups attached to an aromatic ring is 1. The Hall–Kier alpha value is -1.69. The van der Waals surface area contributed by atoms with Crippen LogP contribution in [0.2, 0.25) is 0 Å². The van der Waals surface area contributed by atoms with Gasteiger partial charge in [-0.2, -0.15) is 0 Å². The van der Waals surface area contributed by atoms with Crippen molar-refractivity contribution in [2.45, 2.75) is 6.54 Å². The molecule has 1 heterocycles. The summed E-state index contributed by atoms with van der Waals surface area (Å²) in [6, 6.07) is 1.88. The summed E-state index contributed by atoms with van der Waals surface area (Å²) in [5, 5.41) is 0. The zero-order chi connectivity index (χ0) is 11.7. The molecule has 2 rings (SSSR count). The van der Waals surface area contributed by atoms with Gasteiger partial charge in [-0.1, -0.05) is 0 Å². The van der Waals surface area contributed by atoms with Gasteiger partial charge in [-0.05, 0) is 17.7 Å². The van der Waals surface area contributed by atoms with Gasteiger partial charge >= 0.3 is 0 Å². The van der Waals surface area contributed by atoms with Crippen molar-refractivity contribution in [3.8, 4) is 0 Å². The number of anilines is 1. The second-order valence-corrected chi connectivity index (χ2v) is 3.34. The third-order valence-corrected chi connectivity index (χ3v) is 2.06. The summed E-state index contributed by atoms with van der Waals surface area (Å²) >= 11 is 0. The van der Waals surface area contributed by atoms with Crippen LogP contribution in [-0.2, 0) is 6.54 Å². The normalized spacial score (nSPS) is 10.1. The van der Waals surface area contributed by atoms with E-state index in [0.717, 1.165) is 12.1 Å². The number of halogens is 4. The molecule has 1 aromatic heterocycles. The Morgan fingerprint density at radius 3 is 2.24 bits per heavy atom. The van der Waals surface area contributed by atoms with Crippen molar-refractivity contribution in [3.63, 3.8) is 0 Å². The maximum Gasteiger partial charge on any atom is 0.194 e. The Morgan fingerprint density at radius 1 is 1.18 bits per heavy atom. The van der Waals surface area contributed by atoms with Crippen LogP contribution < -0.4 is 5.73 Å². The standard InChI is InChI=1S/C10H8F3N3.ClH/c11-7-1-6(2-8(12)10(7)13)3-16-4-9(14)15-5-16;/h1-2,4-5H,3,14H2;1H. The molecule has 3 nitrogen and oxygen atoms in total. The Morgan fingerprint density at radius 2 is 1.76 bits per heavy atom. The van der Waals surface area contributed by atoms with Gasteiger partial charge in [0.2, 0.25) is 0 Å². The second kappa shape index (κ2) is 5.09. The molecule has 0 saturated heterocycles. The van der Waals surface area contributed by atoms with Gasteiger partial charge in [0.05, 0.1) is 6.33 Å². The van der Waals surface area contributed by atoms with Gasteiger partial charge < -0.3 is 10.3 Å². The smallest absolute Gasteiger partial charge is 0.194 e. The van der Waals surface area contributed by atoms with Crippen molar-refractivity contribution in [1.82, 2.24) is 9.55 Å². The van der Waals surface area contributed by atoms with Crippen LogP contribution in [0, 0.1) is 17.5 Å². The zero-order valence-corrected chi connectivity index (χ0v) is 9.35. The van der Waals surface area contributed by atoms with Crippen molar-refractivity contribution in [2.24, 2.45) is 0 Å². The van der Waals surface area contributed by atoms with Crippen molar-refractivity contribution < 1.29 is 13.2 Å². The van der Waals surface area contributed by atoms with Crippen molar-refractivity contribution in [3.05, 3.63) is 47.7 Å². The molecular formula is C10H9ClF3N3. The fraction of sp³-hybridized carbons (Fsp3) is 0.100. The Labute approximate surface area is 101 Å². The number of nitrogens with two attached hydrogens (primary N) is 1. The number of aromatic nitrogens is 2. The molecule has 2 N–H and O–H groups in total. The van der Waals surface area contributed by atoms with Crippen LogP contribution >= 0.6 is 12.4 Å². The van der Waals surface area contributed by atoms with Crippen molar-refractivity contribution in [2.75, 3.05) is 5.73 Å². The van der Waals surface area contributed by atoms with Gasteiger partial charge in [-0.15, -0.1) is 12.4 Å². The van der Waals surface area contributed by atoms with E-state index in [0.29, 0.717) is 11.4 Å². The molecule has 0 aliphatic carbocycles. The van der Waals surface area contributed by atoms with Crippen LogP contribution in [0.1, 0.15) is 5.56 Å². The van der Waals surface area contributed by atoms with E-state index in [-0.39, 0.29) is 19.0 Å². The minimum atomic E-state index is -1.46. The maximum absolute atomic E-state index is 12.9. The van der Waals surface area contributed by atoms with Crippen LogP contribution in [0.3, 0.4) is 0 Å². The molecule has 0 saturated carbocycles. The van der Waals surface area contributed by atoms with Gasteiger partial charge in [-0.25, -0.2) is 18.2 Å². The summed E-state index contributed by atoms with van der Waals surface area (Å²) in [6.45, 7) is 0.179. The van der Waals surface area contributed by atoms with Crippen LogP contribution in [0.5, 0.6) is 0 Å². The van der Waals surface area contributed by atoms with E-state index < -0.39 is 17.5 Å². The summed E-state index contributed by atoms with van der Waals surface area (Å²) in [6.07, 6.45) is 2.94. The third-order valence-electron chi connectivity index (χ3n) is 2.06. The first-order valence-electron chi connectivity index (χ1n) is 4.47. The lowest BCUT2D eigenvalue weighted by Crippen LogP contribution is -2.00. The molecule has 0 unspecified atom stereocenters. The first-order valence-corrected chi connectivity index (χ1v) is 4.47. The quantitative estimate of drug-likeness (QED) is 0.846. The molecule has 7 heteroatoms. The fourth-order valence-corrected chi connectivity index (χ4v) is 1.37. The fourth-order valence-electron chi connectivity index (χ4n) is 1.37. The highest BCUT2D eigenvalue weighted by molar-refractivity contribution is 5.85. The van der Waals surface area contributed by atoms with Gasteiger partial charge in [0.15, 0.2) is 17.5 Å².